The normalized spacial score (nSPS) is 11.8. The number of halogens is 1. The van der Waals surface area contributed by atoms with Gasteiger partial charge in [0.1, 0.15) is 0 Å². The standard InChI is InChI=1S/C7H11Cl/c1-2-3-4-5-6-7-8/h3-6H,2,7H2,1H3/b4-3+,6-5+. The zero-order valence-electron chi connectivity index (χ0n) is 5.10. The molecule has 0 unspecified atom stereocenters. The molecule has 0 aliphatic carbocycles. The van der Waals surface area contributed by atoms with Crippen LogP contribution in [0.3, 0.4) is 0 Å². The van der Waals surface area contributed by atoms with E-state index in [2.05, 4.69) is 13.0 Å². The SMILES string of the molecule is CC/C=C/C=C/CCl. The van der Waals surface area contributed by atoms with Gasteiger partial charge in [-0.2, -0.15) is 0 Å². The summed E-state index contributed by atoms with van der Waals surface area (Å²) in [6.45, 7) is 2.10. The topological polar surface area (TPSA) is 0 Å². The first kappa shape index (κ1) is 7.77. The molecule has 0 aromatic carbocycles. The highest BCUT2D eigenvalue weighted by atomic mass is 35.5. The molecule has 0 heterocycles. The van der Waals surface area contributed by atoms with E-state index in [0.29, 0.717) is 5.88 Å². The summed E-state index contributed by atoms with van der Waals surface area (Å²) in [4.78, 5) is 0. The Hall–Kier alpha value is -0.230. The smallest absolute Gasteiger partial charge is 0.0407 e. The van der Waals surface area contributed by atoms with Gasteiger partial charge in [-0.25, -0.2) is 0 Å². The highest BCUT2D eigenvalue weighted by Crippen LogP contribution is 1.82. The molecule has 0 aromatic rings. The molecule has 0 aromatic heterocycles. The maximum absolute atomic E-state index is 5.36. The Kier molecular flexibility index (Phi) is 6.58. The minimum atomic E-state index is 0.605. The summed E-state index contributed by atoms with van der Waals surface area (Å²) in [5.41, 5.74) is 0. The third-order valence-electron chi connectivity index (χ3n) is 0.708. The Balaban J connectivity index is 3.13. The zero-order chi connectivity index (χ0) is 6.24. The Morgan fingerprint density at radius 1 is 1.25 bits per heavy atom. The average molecular weight is 131 g/mol. The fourth-order valence-corrected chi connectivity index (χ4v) is 0.448. The molecule has 0 fully saturated rings. The van der Waals surface area contributed by atoms with Gasteiger partial charge in [-0.3, -0.25) is 0 Å². The number of allylic oxidation sites excluding steroid dienone is 4. The van der Waals surface area contributed by atoms with E-state index >= 15 is 0 Å². The van der Waals surface area contributed by atoms with Gasteiger partial charge in [0.15, 0.2) is 0 Å². The van der Waals surface area contributed by atoms with Crippen LogP contribution in [0.15, 0.2) is 24.3 Å². The molecular weight excluding hydrogens is 120 g/mol. The van der Waals surface area contributed by atoms with Gasteiger partial charge in [-0.15, -0.1) is 11.6 Å². The van der Waals surface area contributed by atoms with Crippen LogP contribution in [0.4, 0.5) is 0 Å². The van der Waals surface area contributed by atoms with E-state index in [1.807, 2.05) is 18.2 Å². The van der Waals surface area contributed by atoms with Crippen LogP contribution in [0, 0.1) is 0 Å². The number of hydrogen-bond donors (Lipinski definition) is 0. The predicted octanol–water partition coefficient (Wildman–Crippen LogP) is 2.75. The second-order valence-electron chi connectivity index (χ2n) is 1.42. The molecule has 0 nitrogen and oxygen atoms in total. The monoisotopic (exact) mass is 130 g/mol. The van der Waals surface area contributed by atoms with Gasteiger partial charge in [0.2, 0.25) is 0 Å². The zero-order valence-corrected chi connectivity index (χ0v) is 5.86. The Bertz CT molecular complexity index is 70.4. The van der Waals surface area contributed by atoms with Crippen molar-refractivity contribution < 1.29 is 0 Å². The minimum absolute atomic E-state index is 0.605. The molecule has 8 heavy (non-hydrogen) atoms. The van der Waals surface area contributed by atoms with Crippen molar-refractivity contribution in [1.82, 2.24) is 0 Å². The van der Waals surface area contributed by atoms with Crippen molar-refractivity contribution in [1.29, 1.82) is 0 Å². The minimum Gasteiger partial charge on any atom is -0.122 e. The summed E-state index contributed by atoms with van der Waals surface area (Å²) >= 11 is 5.36. The third kappa shape index (κ3) is 5.77. The second-order valence-corrected chi connectivity index (χ2v) is 1.73. The molecular formula is C7H11Cl. The van der Waals surface area contributed by atoms with Gasteiger partial charge in [0.05, 0.1) is 0 Å². The van der Waals surface area contributed by atoms with Crippen LogP contribution in [-0.2, 0) is 0 Å². The molecule has 46 valence electrons. The molecule has 0 rings (SSSR count). The molecule has 0 aliphatic heterocycles. The lowest BCUT2D eigenvalue weighted by Crippen LogP contribution is -1.56. The molecule has 0 amide bonds. The van der Waals surface area contributed by atoms with Crippen molar-refractivity contribution in [3.8, 4) is 0 Å². The summed E-state index contributed by atoms with van der Waals surface area (Å²) in [5.74, 6) is 0.605. The van der Waals surface area contributed by atoms with Crippen molar-refractivity contribution in [2.24, 2.45) is 0 Å². The quantitative estimate of drug-likeness (QED) is 0.407. The Morgan fingerprint density at radius 2 is 1.88 bits per heavy atom. The third-order valence-corrected chi connectivity index (χ3v) is 0.886. The van der Waals surface area contributed by atoms with Crippen LogP contribution >= 0.6 is 11.6 Å². The van der Waals surface area contributed by atoms with Crippen molar-refractivity contribution >= 4 is 11.6 Å². The summed E-state index contributed by atoms with van der Waals surface area (Å²) in [6.07, 6.45) is 9.04. The van der Waals surface area contributed by atoms with Crippen LogP contribution in [-0.4, -0.2) is 5.88 Å². The number of rotatable bonds is 3. The summed E-state index contributed by atoms with van der Waals surface area (Å²) in [6, 6.07) is 0. The maximum Gasteiger partial charge on any atom is 0.0407 e. The fourth-order valence-electron chi connectivity index (χ4n) is 0.345. The van der Waals surface area contributed by atoms with Crippen LogP contribution in [0.25, 0.3) is 0 Å². The summed E-state index contributed by atoms with van der Waals surface area (Å²) in [7, 11) is 0. The van der Waals surface area contributed by atoms with Gasteiger partial charge < -0.3 is 0 Å². The molecule has 0 aliphatic rings. The number of hydrogen-bond acceptors (Lipinski definition) is 0. The van der Waals surface area contributed by atoms with Gasteiger partial charge in [-0.05, 0) is 6.42 Å². The van der Waals surface area contributed by atoms with E-state index < -0.39 is 0 Å². The van der Waals surface area contributed by atoms with E-state index in [0.717, 1.165) is 6.42 Å². The number of alkyl halides is 1. The molecule has 0 saturated carbocycles. The van der Waals surface area contributed by atoms with Crippen molar-refractivity contribution in [2.45, 2.75) is 13.3 Å². The van der Waals surface area contributed by atoms with E-state index in [9.17, 15) is 0 Å². The van der Waals surface area contributed by atoms with E-state index in [4.69, 9.17) is 11.6 Å². The lowest BCUT2D eigenvalue weighted by molar-refractivity contribution is 1.22. The first-order chi connectivity index (χ1) is 3.91. The molecule has 0 atom stereocenters. The molecule has 0 radical (unpaired) electrons. The second kappa shape index (κ2) is 6.77. The summed E-state index contributed by atoms with van der Waals surface area (Å²) in [5, 5.41) is 0. The molecule has 0 bridgehead atoms. The van der Waals surface area contributed by atoms with Crippen molar-refractivity contribution in [2.75, 3.05) is 5.88 Å². The largest absolute Gasteiger partial charge is 0.122 e. The summed E-state index contributed by atoms with van der Waals surface area (Å²) < 4.78 is 0. The molecule has 0 spiro atoms. The van der Waals surface area contributed by atoms with E-state index in [-0.39, 0.29) is 0 Å². The van der Waals surface area contributed by atoms with E-state index in [1.165, 1.54) is 0 Å². The average Bonchev–Trinajstić information content (AvgIpc) is 1.81. The lowest BCUT2D eigenvalue weighted by atomic mass is 10.4. The predicted molar refractivity (Wildman–Crippen MR) is 39.3 cm³/mol. The van der Waals surface area contributed by atoms with Crippen LogP contribution in [0.1, 0.15) is 13.3 Å². The maximum atomic E-state index is 5.36. The van der Waals surface area contributed by atoms with E-state index in [1.54, 1.807) is 0 Å². The Morgan fingerprint density at radius 3 is 2.38 bits per heavy atom. The lowest BCUT2D eigenvalue weighted by Gasteiger charge is -1.73. The Labute approximate surface area is 55.9 Å². The first-order valence-electron chi connectivity index (χ1n) is 2.79. The molecule has 1 heteroatoms. The van der Waals surface area contributed by atoms with Crippen molar-refractivity contribution in [3.63, 3.8) is 0 Å². The first-order valence-corrected chi connectivity index (χ1v) is 3.33. The fraction of sp³-hybridized carbons (Fsp3) is 0.429. The van der Waals surface area contributed by atoms with Crippen LogP contribution in [0.5, 0.6) is 0 Å². The van der Waals surface area contributed by atoms with Crippen molar-refractivity contribution in [3.05, 3.63) is 24.3 Å². The van der Waals surface area contributed by atoms with Crippen LogP contribution < -0.4 is 0 Å². The highest BCUT2D eigenvalue weighted by Gasteiger charge is 1.63. The highest BCUT2D eigenvalue weighted by molar-refractivity contribution is 6.18. The van der Waals surface area contributed by atoms with Gasteiger partial charge in [0, 0.05) is 5.88 Å². The van der Waals surface area contributed by atoms with Crippen LogP contribution in [0.2, 0.25) is 0 Å². The van der Waals surface area contributed by atoms with Gasteiger partial charge in [-0.1, -0.05) is 31.2 Å². The molecule has 0 saturated heterocycles. The van der Waals surface area contributed by atoms with Gasteiger partial charge in [0.25, 0.3) is 0 Å². The molecule has 0 N–H and O–H groups in total. The van der Waals surface area contributed by atoms with Gasteiger partial charge >= 0.3 is 0 Å².